The molecule has 0 aliphatic carbocycles. The van der Waals surface area contributed by atoms with Gasteiger partial charge in [0.25, 0.3) is 0 Å². The first-order valence-electron chi connectivity index (χ1n) is 8.46. The van der Waals surface area contributed by atoms with Crippen molar-refractivity contribution in [3.63, 3.8) is 0 Å². The fraction of sp³-hybridized carbons (Fsp3) is 0.350. The van der Waals surface area contributed by atoms with Crippen molar-refractivity contribution in [3.05, 3.63) is 70.0 Å². The highest BCUT2D eigenvalue weighted by Gasteiger charge is 2.27. The van der Waals surface area contributed by atoms with E-state index in [-0.39, 0.29) is 24.5 Å². The van der Waals surface area contributed by atoms with Crippen LogP contribution >= 0.6 is 11.6 Å². The number of aliphatic hydroxyl groups excluding tert-OH is 1. The van der Waals surface area contributed by atoms with Gasteiger partial charge in [-0.05, 0) is 42.0 Å². The summed E-state index contributed by atoms with van der Waals surface area (Å²) in [4.78, 5) is 14.3. The summed E-state index contributed by atoms with van der Waals surface area (Å²) in [6.45, 7) is 1.40. The Bertz CT molecular complexity index is 745. The van der Waals surface area contributed by atoms with E-state index in [0.29, 0.717) is 24.0 Å². The molecule has 1 amide bonds. The standard InChI is InChI=1S/C20H21ClFNO2/c21-18-5-2-6-19(22)17(18)11-20(25)23-8-7-15(12-23)9-14-3-1-4-16(10-14)13-24/h1-6,10,15,24H,7-9,11-13H2. The molecule has 3 rings (SSSR count). The second kappa shape index (κ2) is 7.98. The number of carbonyl (C=O) groups is 1. The Hall–Kier alpha value is -1.91. The second-order valence-electron chi connectivity index (χ2n) is 6.55. The highest BCUT2D eigenvalue weighted by Crippen LogP contribution is 2.24. The molecule has 1 aliphatic rings. The van der Waals surface area contributed by atoms with Gasteiger partial charge in [-0.1, -0.05) is 41.9 Å². The molecule has 0 spiro atoms. The van der Waals surface area contributed by atoms with Gasteiger partial charge in [-0.3, -0.25) is 4.79 Å². The molecule has 1 unspecified atom stereocenters. The molecular formula is C20H21ClFNO2. The number of benzene rings is 2. The first kappa shape index (κ1) is 17.9. The van der Waals surface area contributed by atoms with Crippen molar-refractivity contribution in [2.75, 3.05) is 13.1 Å². The van der Waals surface area contributed by atoms with Crippen LogP contribution in [0.3, 0.4) is 0 Å². The molecule has 1 saturated heterocycles. The predicted octanol–water partition coefficient (Wildman–Crippen LogP) is 3.61. The molecular weight excluding hydrogens is 341 g/mol. The molecule has 2 aromatic rings. The van der Waals surface area contributed by atoms with Gasteiger partial charge < -0.3 is 10.0 Å². The van der Waals surface area contributed by atoms with Crippen LogP contribution in [0.25, 0.3) is 0 Å². The van der Waals surface area contributed by atoms with Gasteiger partial charge in [0.2, 0.25) is 5.91 Å². The lowest BCUT2D eigenvalue weighted by molar-refractivity contribution is -0.129. The van der Waals surface area contributed by atoms with Crippen molar-refractivity contribution in [1.29, 1.82) is 0 Å². The zero-order valence-electron chi connectivity index (χ0n) is 13.9. The average molecular weight is 362 g/mol. The third kappa shape index (κ3) is 4.39. The van der Waals surface area contributed by atoms with Crippen LogP contribution in [0.15, 0.2) is 42.5 Å². The minimum atomic E-state index is -0.433. The van der Waals surface area contributed by atoms with E-state index >= 15 is 0 Å². The first-order chi connectivity index (χ1) is 12.1. The summed E-state index contributed by atoms with van der Waals surface area (Å²) < 4.78 is 13.9. The third-order valence-corrected chi connectivity index (χ3v) is 5.08. The van der Waals surface area contributed by atoms with Crippen LogP contribution in [-0.4, -0.2) is 29.0 Å². The number of nitrogens with zero attached hydrogens (tertiary/aromatic N) is 1. The van der Waals surface area contributed by atoms with Crippen LogP contribution in [0.2, 0.25) is 5.02 Å². The predicted molar refractivity (Wildman–Crippen MR) is 95.9 cm³/mol. The fourth-order valence-corrected chi connectivity index (χ4v) is 3.61. The lowest BCUT2D eigenvalue weighted by atomic mass is 9.97. The zero-order chi connectivity index (χ0) is 17.8. The molecule has 1 atom stereocenters. The van der Waals surface area contributed by atoms with Gasteiger partial charge in [0.15, 0.2) is 0 Å². The molecule has 25 heavy (non-hydrogen) atoms. The highest BCUT2D eigenvalue weighted by atomic mass is 35.5. The lowest BCUT2D eigenvalue weighted by Gasteiger charge is -2.17. The fourth-order valence-electron chi connectivity index (χ4n) is 3.38. The SMILES string of the molecule is O=C(Cc1c(F)cccc1Cl)N1CCC(Cc2cccc(CO)c2)C1. The Balaban J connectivity index is 1.59. The van der Waals surface area contributed by atoms with E-state index in [9.17, 15) is 14.3 Å². The Labute approximate surface area is 152 Å². The van der Waals surface area contributed by atoms with Crippen molar-refractivity contribution in [2.45, 2.75) is 25.9 Å². The molecule has 1 aliphatic heterocycles. The average Bonchev–Trinajstić information content (AvgIpc) is 3.07. The molecule has 0 aromatic heterocycles. The van der Waals surface area contributed by atoms with Crippen molar-refractivity contribution < 1.29 is 14.3 Å². The summed E-state index contributed by atoms with van der Waals surface area (Å²) in [7, 11) is 0. The van der Waals surface area contributed by atoms with Gasteiger partial charge in [-0.25, -0.2) is 4.39 Å². The molecule has 5 heteroatoms. The van der Waals surface area contributed by atoms with Crippen molar-refractivity contribution in [2.24, 2.45) is 5.92 Å². The third-order valence-electron chi connectivity index (χ3n) is 4.73. The monoisotopic (exact) mass is 361 g/mol. The summed E-state index contributed by atoms with van der Waals surface area (Å²) in [5.74, 6) is -0.134. The topological polar surface area (TPSA) is 40.5 Å². The Kier molecular flexibility index (Phi) is 5.71. The summed E-state index contributed by atoms with van der Waals surface area (Å²) in [6.07, 6.45) is 1.80. The first-order valence-corrected chi connectivity index (χ1v) is 8.84. The molecule has 2 aromatic carbocycles. The Morgan fingerprint density at radius 2 is 2.00 bits per heavy atom. The number of rotatable bonds is 5. The maximum atomic E-state index is 13.9. The van der Waals surface area contributed by atoms with Crippen molar-refractivity contribution in [3.8, 4) is 0 Å². The number of hydrogen-bond donors (Lipinski definition) is 1. The lowest BCUT2D eigenvalue weighted by Crippen LogP contribution is -2.30. The molecule has 1 heterocycles. The summed E-state index contributed by atoms with van der Waals surface area (Å²) in [5.41, 5.74) is 2.34. The normalized spacial score (nSPS) is 17.1. The highest BCUT2D eigenvalue weighted by molar-refractivity contribution is 6.31. The maximum Gasteiger partial charge on any atom is 0.227 e. The summed E-state index contributed by atoms with van der Waals surface area (Å²) >= 11 is 6.01. The van der Waals surface area contributed by atoms with E-state index in [2.05, 4.69) is 0 Å². The summed E-state index contributed by atoms with van der Waals surface area (Å²) in [6, 6.07) is 12.4. The maximum absolute atomic E-state index is 13.9. The quantitative estimate of drug-likeness (QED) is 0.883. The van der Waals surface area contributed by atoms with Gasteiger partial charge in [0.1, 0.15) is 5.82 Å². The number of hydrogen-bond acceptors (Lipinski definition) is 2. The molecule has 0 saturated carbocycles. The molecule has 1 N–H and O–H groups in total. The molecule has 0 radical (unpaired) electrons. The second-order valence-corrected chi connectivity index (χ2v) is 6.96. The molecule has 0 bridgehead atoms. The van der Waals surface area contributed by atoms with E-state index in [1.807, 2.05) is 24.3 Å². The smallest absolute Gasteiger partial charge is 0.227 e. The Morgan fingerprint density at radius 3 is 2.76 bits per heavy atom. The zero-order valence-corrected chi connectivity index (χ0v) is 14.7. The van der Waals surface area contributed by atoms with Gasteiger partial charge in [0, 0.05) is 23.7 Å². The minimum Gasteiger partial charge on any atom is -0.392 e. The van der Waals surface area contributed by atoms with Crippen LogP contribution < -0.4 is 0 Å². The van der Waals surface area contributed by atoms with E-state index in [1.165, 1.54) is 17.7 Å². The van der Waals surface area contributed by atoms with E-state index in [1.54, 1.807) is 11.0 Å². The van der Waals surface area contributed by atoms with Gasteiger partial charge >= 0.3 is 0 Å². The van der Waals surface area contributed by atoms with Crippen LogP contribution in [0.5, 0.6) is 0 Å². The molecule has 1 fully saturated rings. The number of aliphatic hydroxyl groups is 1. The van der Waals surface area contributed by atoms with Crippen LogP contribution in [0.1, 0.15) is 23.1 Å². The van der Waals surface area contributed by atoms with Gasteiger partial charge in [-0.15, -0.1) is 0 Å². The number of amides is 1. The van der Waals surface area contributed by atoms with Crippen LogP contribution in [0.4, 0.5) is 4.39 Å². The molecule has 132 valence electrons. The van der Waals surface area contributed by atoms with Crippen LogP contribution in [-0.2, 0) is 24.2 Å². The van der Waals surface area contributed by atoms with Crippen molar-refractivity contribution in [1.82, 2.24) is 4.90 Å². The van der Waals surface area contributed by atoms with Gasteiger partial charge in [-0.2, -0.15) is 0 Å². The Morgan fingerprint density at radius 1 is 1.24 bits per heavy atom. The van der Waals surface area contributed by atoms with E-state index in [0.717, 1.165) is 18.4 Å². The number of halogens is 2. The largest absolute Gasteiger partial charge is 0.392 e. The van der Waals surface area contributed by atoms with E-state index < -0.39 is 5.82 Å². The van der Waals surface area contributed by atoms with Gasteiger partial charge in [0.05, 0.1) is 13.0 Å². The molecule has 3 nitrogen and oxygen atoms in total. The number of carbonyl (C=O) groups excluding carboxylic acids is 1. The minimum absolute atomic E-state index is 0.00176. The summed E-state index contributed by atoms with van der Waals surface area (Å²) in [5, 5.41) is 9.52. The van der Waals surface area contributed by atoms with E-state index in [4.69, 9.17) is 11.6 Å². The van der Waals surface area contributed by atoms with Crippen molar-refractivity contribution >= 4 is 17.5 Å². The van der Waals surface area contributed by atoms with Crippen LogP contribution in [0, 0.1) is 11.7 Å². The number of likely N-dealkylation sites (tertiary alicyclic amines) is 1.